The van der Waals surface area contributed by atoms with Crippen molar-refractivity contribution in [2.75, 3.05) is 19.6 Å². The smallest absolute Gasteiger partial charge is 0.314 e. The van der Waals surface area contributed by atoms with Crippen LogP contribution in [0, 0.1) is 5.41 Å². The molecule has 88 valence electrons. The number of amides is 2. The number of nitrogens with two attached hydrogens (primary N) is 1. The fraction of sp³-hybridized carbons (Fsp3) is 0.909. The van der Waals surface area contributed by atoms with E-state index in [0.717, 1.165) is 32.5 Å². The van der Waals surface area contributed by atoms with Crippen molar-refractivity contribution in [2.24, 2.45) is 11.1 Å². The average Bonchev–Trinajstić information content (AvgIpc) is 2.14. The highest BCUT2D eigenvalue weighted by molar-refractivity contribution is 5.72. The van der Waals surface area contributed by atoms with E-state index in [1.165, 1.54) is 0 Å². The second kappa shape index (κ2) is 4.84. The molecule has 2 amide bonds. The molecule has 0 aromatic carbocycles. The van der Waals surface area contributed by atoms with Gasteiger partial charge in [0.2, 0.25) is 0 Å². The molecule has 1 rings (SSSR count). The van der Waals surface area contributed by atoms with E-state index in [0.29, 0.717) is 11.5 Å². The molecule has 1 fully saturated rings. The Morgan fingerprint density at radius 2 is 1.93 bits per heavy atom. The van der Waals surface area contributed by atoms with Crippen LogP contribution in [-0.2, 0) is 0 Å². The summed E-state index contributed by atoms with van der Waals surface area (Å²) in [7, 11) is 0. The minimum Gasteiger partial charge on any atom is -0.351 e. The summed E-state index contributed by atoms with van der Waals surface area (Å²) >= 11 is 0. The van der Waals surface area contributed by atoms with Crippen LogP contribution in [0.2, 0.25) is 0 Å². The van der Waals surface area contributed by atoms with Gasteiger partial charge in [-0.1, -0.05) is 20.8 Å². The molecule has 0 atom stereocenters. The quantitative estimate of drug-likeness (QED) is 0.723. The third kappa shape index (κ3) is 4.51. The number of hydrogen-bond donors (Lipinski definition) is 2. The van der Waals surface area contributed by atoms with Crippen molar-refractivity contribution < 1.29 is 4.79 Å². The van der Waals surface area contributed by atoms with Gasteiger partial charge in [0.15, 0.2) is 0 Å². The molecule has 0 aromatic heterocycles. The zero-order valence-corrected chi connectivity index (χ0v) is 10.0. The van der Waals surface area contributed by atoms with E-state index >= 15 is 0 Å². The molecule has 1 saturated heterocycles. The van der Waals surface area contributed by atoms with Crippen molar-refractivity contribution in [3.63, 3.8) is 0 Å². The van der Waals surface area contributed by atoms with Gasteiger partial charge in [-0.3, -0.25) is 0 Å². The van der Waals surface area contributed by atoms with Crippen LogP contribution in [0.25, 0.3) is 0 Å². The largest absolute Gasteiger partial charge is 0.351 e. The van der Waals surface area contributed by atoms with Gasteiger partial charge >= 0.3 is 6.03 Å². The number of carbonyl (C=O) groups is 1. The average molecular weight is 213 g/mol. The summed E-state index contributed by atoms with van der Waals surface area (Å²) in [5, 5.41) is 3.54. The molecule has 0 unspecified atom stereocenters. The van der Waals surface area contributed by atoms with Gasteiger partial charge in [-0.2, -0.15) is 0 Å². The minimum atomic E-state index is -0.288. The van der Waals surface area contributed by atoms with Crippen LogP contribution in [0.1, 0.15) is 33.6 Å². The predicted octanol–water partition coefficient (Wildman–Crippen LogP) is 1.17. The maximum atomic E-state index is 10.9. The number of rotatable bonds is 2. The number of likely N-dealkylation sites (tertiary alicyclic amines) is 1. The Labute approximate surface area is 92.2 Å². The van der Waals surface area contributed by atoms with Crippen molar-refractivity contribution in [1.29, 1.82) is 0 Å². The van der Waals surface area contributed by atoms with E-state index in [9.17, 15) is 4.79 Å². The van der Waals surface area contributed by atoms with Crippen LogP contribution < -0.4 is 11.1 Å². The predicted molar refractivity (Wildman–Crippen MR) is 61.6 cm³/mol. The van der Waals surface area contributed by atoms with Crippen LogP contribution in [0.5, 0.6) is 0 Å². The number of carbonyl (C=O) groups excluding carboxylic acids is 1. The van der Waals surface area contributed by atoms with Gasteiger partial charge in [0, 0.05) is 25.7 Å². The Bertz CT molecular complexity index is 214. The number of hydrogen-bond acceptors (Lipinski definition) is 2. The number of nitrogens with one attached hydrogen (secondary N) is 1. The van der Waals surface area contributed by atoms with Crippen LogP contribution in [0.3, 0.4) is 0 Å². The van der Waals surface area contributed by atoms with E-state index < -0.39 is 0 Å². The van der Waals surface area contributed by atoms with E-state index in [4.69, 9.17) is 5.73 Å². The van der Waals surface area contributed by atoms with Gasteiger partial charge in [-0.25, -0.2) is 4.79 Å². The van der Waals surface area contributed by atoms with Crippen molar-refractivity contribution in [3.8, 4) is 0 Å². The van der Waals surface area contributed by atoms with Gasteiger partial charge < -0.3 is 16.0 Å². The maximum Gasteiger partial charge on any atom is 0.314 e. The number of nitrogens with zero attached hydrogens (tertiary/aromatic N) is 1. The molecule has 4 nitrogen and oxygen atoms in total. The lowest BCUT2D eigenvalue weighted by molar-refractivity contribution is 0.182. The van der Waals surface area contributed by atoms with Gasteiger partial charge in [-0.15, -0.1) is 0 Å². The first-order valence-electron chi connectivity index (χ1n) is 5.66. The number of urea groups is 1. The lowest BCUT2D eigenvalue weighted by Gasteiger charge is -2.33. The second-order valence-corrected chi connectivity index (χ2v) is 5.54. The maximum absolute atomic E-state index is 10.9. The van der Waals surface area contributed by atoms with E-state index in [1.54, 1.807) is 4.90 Å². The topological polar surface area (TPSA) is 58.4 Å². The van der Waals surface area contributed by atoms with Gasteiger partial charge in [0.25, 0.3) is 0 Å². The van der Waals surface area contributed by atoms with E-state index in [-0.39, 0.29) is 6.03 Å². The molecule has 0 radical (unpaired) electrons. The summed E-state index contributed by atoms with van der Waals surface area (Å²) in [4.78, 5) is 12.6. The highest BCUT2D eigenvalue weighted by atomic mass is 16.2. The molecule has 0 aliphatic carbocycles. The Morgan fingerprint density at radius 3 is 2.33 bits per heavy atom. The Balaban J connectivity index is 2.23. The van der Waals surface area contributed by atoms with Crippen molar-refractivity contribution in [3.05, 3.63) is 0 Å². The van der Waals surface area contributed by atoms with Crippen molar-refractivity contribution in [2.45, 2.75) is 39.7 Å². The molecule has 3 N–H and O–H groups in total. The number of primary amides is 1. The first-order chi connectivity index (χ1) is 6.88. The van der Waals surface area contributed by atoms with Crippen LogP contribution in [-0.4, -0.2) is 36.6 Å². The lowest BCUT2D eigenvalue weighted by atomic mass is 9.95. The summed E-state index contributed by atoms with van der Waals surface area (Å²) < 4.78 is 0. The molecule has 0 spiro atoms. The first kappa shape index (κ1) is 12.3. The standard InChI is InChI=1S/C11H23N3O/c1-11(2,3)8-13-9-4-6-14(7-5-9)10(12)15/h9,13H,4-8H2,1-3H3,(H2,12,15). The molecule has 0 aromatic rings. The Morgan fingerprint density at radius 1 is 1.40 bits per heavy atom. The van der Waals surface area contributed by atoms with Crippen molar-refractivity contribution >= 4 is 6.03 Å². The van der Waals surface area contributed by atoms with Gasteiger partial charge in [0.1, 0.15) is 0 Å². The lowest BCUT2D eigenvalue weighted by Crippen LogP contribution is -2.48. The fourth-order valence-electron chi connectivity index (χ4n) is 1.75. The molecule has 1 heterocycles. The van der Waals surface area contributed by atoms with Gasteiger partial charge in [-0.05, 0) is 18.3 Å². The summed E-state index contributed by atoms with van der Waals surface area (Å²) in [5.74, 6) is 0. The summed E-state index contributed by atoms with van der Waals surface area (Å²) in [6.45, 7) is 9.26. The molecule has 0 saturated carbocycles. The van der Waals surface area contributed by atoms with Crippen LogP contribution >= 0.6 is 0 Å². The molecule has 1 aliphatic heterocycles. The summed E-state index contributed by atoms with van der Waals surface area (Å²) in [5.41, 5.74) is 5.54. The van der Waals surface area contributed by atoms with E-state index in [2.05, 4.69) is 26.1 Å². The zero-order valence-electron chi connectivity index (χ0n) is 10.0. The molecular weight excluding hydrogens is 190 g/mol. The highest BCUT2D eigenvalue weighted by Crippen LogP contribution is 2.14. The zero-order chi connectivity index (χ0) is 11.5. The second-order valence-electron chi connectivity index (χ2n) is 5.54. The van der Waals surface area contributed by atoms with Crippen molar-refractivity contribution in [1.82, 2.24) is 10.2 Å². The van der Waals surface area contributed by atoms with Crippen LogP contribution in [0.15, 0.2) is 0 Å². The molecule has 1 aliphatic rings. The minimum absolute atomic E-state index is 0.288. The SMILES string of the molecule is CC(C)(C)CNC1CCN(C(N)=O)CC1. The van der Waals surface area contributed by atoms with E-state index in [1.807, 2.05) is 0 Å². The Hall–Kier alpha value is -0.770. The first-order valence-corrected chi connectivity index (χ1v) is 5.66. The molecule has 15 heavy (non-hydrogen) atoms. The summed E-state index contributed by atoms with van der Waals surface area (Å²) in [6.07, 6.45) is 2.03. The summed E-state index contributed by atoms with van der Waals surface area (Å²) in [6, 6.07) is 0.254. The highest BCUT2D eigenvalue weighted by Gasteiger charge is 2.22. The number of piperidine rings is 1. The van der Waals surface area contributed by atoms with Gasteiger partial charge in [0.05, 0.1) is 0 Å². The molecule has 0 bridgehead atoms. The third-order valence-corrected chi connectivity index (χ3v) is 2.73. The molecule has 4 heteroatoms. The molecular formula is C11H23N3O. The fourth-order valence-corrected chi connectivity index (χ4v) is 1.75. The Kier molecular flexibility index (Phi) is 3.97. The van der Waals surface area contributed by atoms with Crippen LogP contribution in [0.4, 0.5) is 4.79 Å². The normalized spacial score (nSPS) is 19.3. The third-order valence-electron chi connectivity index (χ3n) is 2.73. The monoisotopic (exact) mass is 213 g/mol.